The van der Waals surface area contributed by atoms with Crippen molar-refractivity contribution in [1.82, 2.24) is 0 Å². The minimum Gasteiger partial charge on any atom is -0.497 e. The fourth-order valence-corrected chi connectivity index (χ4v) is 1.97. The second-order valence-corrected chi connectivity index (χ2v) is 5.09. The predicted octanol–water partition coefficient (Wildman–Crippen LogP) is 2.69. The number of anilines is 1. The van der Waals surface area contributed by atoms with Gasteiger partial charge in [0.1, 0.15) is 11.5 Å². The second-order valence-electron chi connectivity index (χ2n) is 5.09. The van der Waals surface area contributed by atoms with Crippen molar-refractivity contribution in [1.29, 1.82) is 0 Å². The summed E-state index contributed by atoms with van der Waals surface area (Å²) in [7, 11) is 3.28. The molecule has 4 heteroatoms. The highest BCUT2D eigenvalue weighted by atomic mass is 16.5. The van der Waals surface area contributed by atoms with Gasteiger partial charge in [-0.2, -0.15) is 0 Å². The third-order valence-electron chi connectivity index (χ3n) is 3.45. The number of aryl methyl sites for hydroxylation is 1. The molecule has 1 atom stereocenters. The van der Waals surface area contributed by atoms with Crippen molar-refractivity contribution in [3.05, 3.63) is 17.7 Å². The van der Waals surface area contributed by atoms with E-state index in [-0.39, 0.29) is 12.5 Å². The third-order valence-corrected chi connectivity index (χ3v) is 3.45. The Morgan fingerprint density at radius 1 is 1.21 bits per heavy atom. The summed E-state index contributed by atoms with van der Waals surface area (Å²) < 4.78 is 10.6. The molecule has 0 aliphatic heterocycles. The number of aliphatic hydroxyl groups is 1. The van der Waals surface area contributed by atoms with Gasteiger partial charge in [0.2, 0.25) is 0 Å². The Kier molecular flexibility index (Phi) is 5.96. The topological polar surface area (TPSA) is 50.7 Å². The molecule has 4 nitrogen and oxygen atoms in total. The number of rotatable bonds is 7. The molecule has 0 aliphatic rings. The van der Waals surface area contributed by atoms with Crippen molar-refractivity contribution < 1.29 is 14.6 Å². The molecule has 0 spiro atoms. The second kappa shape index (κ2) is 7.24. The van der Waals surface area contributed by atoms with Gasteiger partial charge in [-0.1, -0.05) is 13.8 Å². The molecule has 0 saturated carbocycles. The van der Waals surface area contributed by atoms with E-state index in [2.05, 4.69) is 19.2 Å². The lowest BCUT2D eigenvalue weighted by Gasteiger charge is -2.21. The molecular weight excluding hydrogens is 242 g/mol. The maximum atomic E-state index is 9.36. The summed E-state index contributed by atoms with van der Waals surface area (Å²) in [5, 5.41) is 12.7. The zero-order chi connectivity index (χ0) is 14.4. The molecule has 1 unspecified atom stereocenters. The van der Waals surface area contributed by atoms with E-state index >= 15 is 0 Å². The zero-order valence-electron chi connectivity index (χ0n) is 12.5. The van der Waals surface area contributed by atoms with Crippen molar-refractivity contribution >= 4 is 5.69 Å². The lowest BCUT2D eigenvalue weighted by molar-refractivity contribution is 0.198. The fourth-order valence-electron chi connectivity index (χ4n) is 1.97. The van der Waals surface area contributed by atoms with E-state index in [0.717, 1.165) is 29.3 Å². The number of benzene rings is 1. The smallest absolute Gasteiger partial charge is 0.145 e. The number of hydrogen-bond donors (Lipinski definition) is 2. The molecule has 0 fully saturated rings. The molecule has 0 radical (unpaired) electrons. The van der Waals surface area contributed by atoms with E-state index in [4.69, 9.17) is 9.47 Å². The van der Waals surface area contributed by atoms with Gasteiger partial charge >= 0.3 is 0 Å². The molecule has 0 amide bonds. The van der Waals surface area contributed by atoms with Crippen LogP contribution in [0.2, 0.25) is 0 Å². The summed E-state index contributed by atoms with van der Waals surface area (Å²) in [6, 6.07) is 3.83. The number of methoxy groups -OCH3 is 2. The quantitative estimate of drug-likeness (QED) is 0.797. The van der Waals surface area contributed by atoms with E-state index in [0.29, 0.717) is 5.92 Å². The minimum atomic E-state index is 0.183. The Bertz CT molecular complexity index is 405. The van der Waals surface area contributed by atoms with Gasteiger partial charge in [-0.15, -0.1) is 0 Å². The van der Waals surface area contributed by atoms with Gasteiger partial charge in [0, 0.05) is 25.1 Å². The lowest BCUT2D eigenvalue weighted by Crippen LogP contribution is -2.23. The van der Waals surface area contributed by atoms with Gasteiger partial charge in [-0.3, -0.25) is 0 Å². The van der Waals surface area contributed by atoms with Gasteiger partial charge in [0.05, 0.1) is 19.9 Å². The van der Waals surface area contributed by atoms with Crippen LogP contribution in [0.1, 0.15) is 19.4 Å². The third kappa shape index (κ3) is 4.03. The van der Waals surface area contributed by atoms with Gasteiger partial charge in [0.25, 0.3) is 0 Å². The van der Waals surface area contributed by atoms with Gasteiger partial charge in [-0.25, -0.2) is 0 Å². The van der Waals surface area contributed by atoms with E-state index < -0.39 is 0 Å². The van der Waals surface area contributed by atoms with E-state index in [1.165, 1.54) is 0 Å². The first-order chi connectivity index (χ1) is 9.03. The number of ether oxygens (including phenoxy) is 2. The Morgan fingerprint density at radius 3 is 2.37 bits per heavy atom. The summed E-state index contributed by atoms with van der Waals surface area (Å²) >= 11 is 0. The molecule has 0 bridgehead atoms. The van der Waals surface area contributed by atoms with Crippen LogP contribution in [0, 0.1) is 18.8 Å². The average molecular weight is 267 g/mol. The molecule has 0 saturated heterocycles. The normalized spacial score (nSPS) is 12.4. The summed E-state index contributed by atoms with van der Waals surface area (Å²) in [5.41, 5.74) is 2.03. The molecule has 1 rings (SSSR count). The first kappa shape index (κ1) is 15.6. The molecule has 108 valence electrons. The van der Waals surface area contributed by atoms with Gasteiger partial charge in [-0.05, 0) is 24.5 Å². The lowest BCUT2D eigenvalue weighted by atomic mass is 9.96. The van der Waals surface area contributed by atoms with Crippen LogP contribution in [0.4, 0.5) is 5.69 Å². The average Bonchev–Trinajstić information content (AvgIpc) is 2.39. The molecule has 0 heterocycles. The maximum Gasteiger partial charge on any atom is 0.145 e. The number of hydrogen-bond acceptors (Lipinski definition) is 4. The van der Waals surface area contributed by atoms with Crippen LogP contribution in [0.25, 0.3) is 0 Å². The largest absolute Gasteiger partial charge is 0.497 e. The van der Waals surface area contributed by atoms with Gasteiger partial charge in [0.15, 0.2) is 0 Å². The predicted molar refractivity (Wildman–Crippen MR) is 78.2 cm³/mol. The Balaban J connectivity index is 2.88. The summed E-state index contributed by atoms with van der Waals surface area (Å²) in [6.45, 7) is 7.14. The van der Waals surface area contributed by atoms with Gasteiger partial charge < -0.3 is 19.9 Å². The van der Waals surface area contributed by atoms with Crippen LogP contribution < -0.4 is 14.8 Å². The van der Waals surface area contributed by atoms with Crippen molar-refractivity contribution in [2.24, 2.45) is 11.8 Å². The Hall–Kier alpha value is -1.42. The highest BCUT2D eigenvalue weighted by Gasteiger charge is 2.15. The molecule has 0 aliphatic carbocycles. The van der Waals surface area contributed by atoms with Crippen molar-refractivity contribution in [2.45, 2.75) is 20.8 Å². The molecule has 0 aromatic heterocycles. The molecule has 1 aromatic rings. The fraction of sp³-hybridized carbons (Fsp3) is 0.600. The van der Waals surface area contributed by atoms with Crippen molar-refractivity contribution in [3.8, 4) is 11.5 Å². The number of nitrogens with one attached hydrogen (secondary N) is 1. The monoisotopic (exact) mass is 267 g/mol. The molecule has 1 aromatic carbocycles. The zero-order valence-corrected chi connectivity index (χ0v) is 12.5. The van der Waals surface area contributed by atoms with Crippen LogP contribution >= 0.6 is 0 Å². The highest BCUT2D eigenvalue weighted by Crippen LogP contribution is 2.33. The van der Waals surface area contributed by atoms with E-state index in [1.54, 1.807) is 14.2 Å². The number of aliphatic hydroxyl groups excluding tert-OH is 1. The van der Waals surface area contributed by atoms with E-state index in [1.807, 2.05) is 19.1 Å². The first-order valence-electron chi connectivity index (χ1n) is 6.60. The highest BCUT2D eigenvalue weighted by molar-refractivity contribution is 5.64. The Morgan fingerprint density at radius 2 is 1.89 bits per heavy atom. The molecule has 19 heavy (non-hydrogen) atoms. The van der Waals surface area contributed by atoms with Crippen LogP contribution in [-0.4, -0.2) is 32.5 Å². The van der Waals surface area contributed by atoms with Crippen LogP contribution in [0.3, 0.4) is 0 Å². The molecule has 2 N–H and O–H groups in total. The van der Waals surface area contributed by atoms with Crippen LogP contribution in [0.5, 0.6) is 11.5 Å². The Labute approximate surface area is 115 Å². The minimum absolute atomic E-state index is 0.183. The van der Waals surface area contributed by atoms with E-state index in [9.17, 15) is 5.11 Å². The van der Waals surface area contributed by atoms with Crippen molar-refractivity contribution in [2.75, 3.05) is 32.7 Å². The SMILES string of the molecule is COc1cc(C)c(NCC(CO)C(C)C)c(OC)c1. The van der Waals surface area contributed by atoms with Crippen molar-refractivity contribution in [3.63, 3.8) is 0 Å². The summed E-state index contributed by atoms with van der Waals surface area (Å²) in [4.78, 5) is 0. The van der Waals surface area contributed by atoms with Crippen LogP contribution in [0.15, 0.2) is 12.1 Å². The van der Waals surface area contributed by atoms with Crippen LogP contribution in [-0.2, 0) is 0 Å². The maximum absolute atomic E-state index is 9.36. The summed E-state index contributed by atoms with van der Waals surface area (Å²) in [6.07, 6.45) is 0. The summed E-state index contributed by atoms with van der Waals surface area (Å²) in [5.74, 6) is 2.20. The standard InChI is InChI=1S/C15H25NO3/c1-10(2)12(9-17)8-16-15-11(3)6-13(18-4)7-14(15)19-5/h6-7,10,12,16-17H,8-9H2,1-5H3. The first-order valence-corrected chi connectivity index (χ1v) is 6.60. The molecular formula is C15H25NO3.